The zero-order chi connectivity index (χ0) is 17.9. The number of carboxylic acid groups (broad SMARTS) is 1. The van der Waals surface area contributed by atoms with Crippen LogP contribution >= 0.6 is 0 Å². The topological polar surface area (TPSA) is 102 Å². The lowest BCUT2D eigenvalue weighted by Gasteiger charge is -2.19. The van der Waals surface area contributed by atoms with Gasteiger partial charge in [0, 0.05) is 36.1 Å². The number of fused-ring (bicyclic) bond motifs is 1. The van der Waals surface area contributed by atoms with E-state index < -0.39 is 12.0 Å². The largest absolute Gasteiger partial charge is 0.480 e. The van der Waals surface area contributed by atoms with Gasteiger partial charge in [-0.05, 0) is 23.8 Å². The summed E-state index contributed by atoms with van der Waals surface area (Å²) in [6.45, 7) is 0. The number of carbonyl (C=O) groups is 1. The van der Waals surface area contributed by atoms with Crippen LogP contribution in [0.2, 0.25) is 0 Å². The third-order valence-corrected chi connectivity index (χ3v) is 4.51. The Morgan fingerprint density at radius 1 is 1.27 bits per heavy atom. The summed E-state index contributed by atoms with van der Waals surface area (Å²) in [4.78, 5) is 19.2. The minimum absolute atomic E-state index is 0.238. The number of carboxylic acids is 1. The second kappa shape index (κ2) is 6.97. The molecule has 3 heterocycles. The molecule has 1 aliphatic rings. The van der Waals surface area contributed by atoms with Gasteiger partial charge in [0.25, 0.3) is 0 Å². The van der Waals surface area contributed by atoms with Gasteiger partial charge in [-0.2, -0.15) is 5.10 Å². The van der Waals surface area contributed by atoms with Crippen LogP contribution in [0.15, 0.2) is 60.0 Å². The number of H-pyrrole nitrogens is 1. The molecular formula is C19H19N5O2. The van der Waals surface area contributed by atoms with Gasteiger partial charge in [0.15, 0.2) is 0 Å². The quantitative estimate of drug-likeness (QED) is 0.544. The maximum Gasteiger partial charge on any atom is 0.321 e. The standard InChI is InChI=1S/C19H19N5O2/c25-19(26)17(9-12-11-21-14-6-2-1-5-13(12)14)22-18-10-16(23-24-18)15-7-3-4-8-20-15/h1-8,11,17-18,21-22,24H,9-10H2,(H,25,26)/t17-,18+/m0/s1. The Kier molecular flexibility index (Phi) is 4.37. The first kappa shape index (κ1) is 16.3. The van der Waals surface area contributed by atoms with Crippen molar-refractivity contribution in [3.05, 3.63) is 66.1 Å². The molecule has 2 aromatic heterocycles. The lowest BCUT2D eigenvalue weighted by Crippen LogP contribution is -2.48. The number of hydrogen-bond donors (Lipinski definition) is 4. The molecule has 0 aliphatic carbocycles. The fourth-order valence-corrected chi connectivity index (χ4v) is 3.21. The first-order chi connectivity index (χ1) is 12.7. The minimum Gasteiger partial charge on any atom is -0.480 e. The Bertz CT molecular complexity index is 951. The molecule has 3 aromatic rings. The Morgan fingerprint density at radius 3 is 2.92 bits per heavy atom. The van der Waals surface area contributed by atoms with E-state index in [-0.39, 0.29) is 6.17 Å². The summed E-state index contributed by atoms with van der Waals surface area (Å²) in [7, 11) is 0. The van der Waals surface area contributed by atoms with E-state index >= 15 is 0 Å². The highest BCUT2D eigenvalue weighted by molar-refractivity contribution is 6.00. The molecule has 4 N–H and O–H groups in total. The number of aliphatic carboxylic acids is 1. The van der Waals surface area contributed by atoms with Crippen LogP contribution < -0.4 is 10.7 Å². The van der Waals surface area contributed by atoms with Crippen LogP contribution in [0, 0.1) is 0 Å². The number of aromatic nitrogens is 2. The monoisotopic (exact) mass is 349 g/mol. The predicted octanol–water partition coefficient (Wildman–Crippen LogP) is 1.87. The van der Waals surface area contributed by atoms with Gasteiger partial charge in [-0.15, -0.1) is 0 Å². The van der Waals surface area contributed by atoms with E-state index in [1.807, 2.05) is 48.7 Å². The van der Waals surface area contributed by atoms with Crippen molar-refractivity contribution in [3.8, 4) is 0 Å². The van der Waals surface area contributed by atoms with Crippen LogP contribution in [0.5, 0.6) is 0 Å². The van der Waals surface area contributed by atoms with Crippen molar-refractivity contribution in [2.75, 3.05) is 0 Å². The number of hydrazone groups is 1. The smallest absolute Gasteiger partial charge is 0.321 e. The molecule has 26 heavy (non-hydrogen) atoms. The summed E-state index contributed by atoms with van der Waals surface area (Å²) in [5, 5.41) is 18.1. The van der Waals surface area contributed by atoms with Crippen molar-refractivity contribution in [2.24, 2.45) is 5.10 Å². The van der Waals surface area contributed by atoms with Gasteiger partial charge in [-0.3, -0.25) is 20.5 Å². The van der Waals surface area contributed by atoms with Crippen molar-refractivity contribution in [1.29, 1.82) is 0 Å². The lowest BCUT2D eigenvalue weighted by atomic mass is 10.0. The average molecular weight is 349 g/mol. The highest BCUT2D eigenvalue weighted by atomic mass is 16.4. The Balaban J connectivity index is 1.45. The van der Waals surface area contributed by atoms with Gasteiger partial charge in [-0.1, -0.05) is 24.3 Å². The van der Waals surface area contributed by atoms with Crippen molar-refractivity contribution >= 4 is 22.6 Å². The Hall–Kier alpha value is -3.19. The Morgan fingerprint density at radius 2 is 2.12 bits per heavy atom. The predicted molar refractivity (Wildman–Crippen MR) is 98.9 cm³/mol. The van der Waals surface area contributed by atoms with E-state index in [4.69, 9.17) is 0 Å². The van der Waals surface area contributed by atoms with Crippen molar-refractivity contribution in [3.63, 3.8) is 0 Å². The molecule has 0 amide bonds. The summed E-state index contributed by atoms with van der Waals surface area (Å²) >= 11 is 0. The van der Waals surface area contributed by atoms with E-state index in [1.165, 1.54) is 0 Å². The van der Waals surface area contributed by atoms with Gasteiger partial charge in [0.1, 0.15) is 6.04 Å². The number of nitrogens with one attached hydrogen (secondary N) is 3. The van der Waals surface area contributed by atoms with E-state index in [9.17, 15) is 9.90 Å². The van der Waals surface area contributed by atoms with Crippen molar-refractivity contribution in [1.82, 2.24) is 20.7 Å². The third kappa shape index (κ3) is 3.29. The number of para-hydroxylation sites is 1. The molecule has 0 fully saturated rings. The number of rotatable bonds is 6. The van der Waals surface area contributed by atoms with E-state index in [0.717, 1.165) is 27.9 Å². The average Bonchev–Trinajstić information content (AvgIpc) is 3.29. The minimum atomic E-state index is -0.886. The number of nitrogens with zero attached hydrogens (tertiary/aromatic N) is 2. The molecule has 7 heteroatoms. The van der Waals surface area contributed by atoms with E-state index in [0.29, 0.717) is 12.8 Å². The van der Waals surface area contributed by atoms with Crippen LogP contribution in [0.25, 0.3) is 10.9 Å². The van der Waals surface area contributed by atoms with Crippen LogP contribution in [0.1, 0.15) is 17.7 Å². The first-order valence-corrected chi connectivity index (χ1v) is 8.48. The van der Waals surface area contributed by atoms with Crippen LogP contribution in [-0.2, 0) is 11.2 Å². The maximum atomic E-state index is 11.8. The number of hydrogen-bond acceptors (Lipinski definition) is 5. The van der Waals surface area contributed by atoms with E-state index in [2.05, 4.69) is 25.8 Å². The highest BCUT2D eigenvalue weighted by Crippen LogP contribution is 2.19. The number of benzene rings is 1. The second-order valence-electron chi connectivity index (χ2n) is 6.28. The van der Waals surface area contributed by atoms with Crippen LogP contribution in [-0.4, -0.2) is 39.0 Å². The fraction of sp³-hybridized carbons (Fsp3) is 0.211. The third-order valence-electron chi connectivity index (χ3n) is 4.51. The van der Waals surface area contributed by atoms with Gasteiger partial charge < -0.3 is 10.1 Å². The highest BCUT2D eigenvalue weighted by Gasteiger charge is 2.27. The lowest BCUT2D eigenvalue weighted by molar-refractivity contribution is -0.139. The van der Waals surface area contributed by atoms with Crippen LogP contribution in [0.4, 0.5) is 0 Å². The molecule has 1 aliphatic heterocycles. The molecule has 7 nitrogen and oxygen atoms in total. The molecule has 0 saturated heterocycles. The van der Waals surface area contributed by atoms with Gasteiger partial charge >= 0.3 is 5.97 Å². The number of aromatic amines is 1. The summed E-state index contributed by atoms with van der Waals surface area (Å²) < 4.78 is 0. The van der Waals surface area contributed by atoms with Gasteiger partial charge in [-0.25, -0.2) is 0 Å². The van der Waals surface area contributed by atoms with Crippen LogP contribution in [0.3, 0.4) is 0 Å². The number of pyridine rings is 1. The van der Waals surface area contributed by atoms with Gasteiger partial charge in [0.2, 0.25) is 0 Å². The normalized spacial score (nSPS) is 17.7. The SMILES string of the molecule is O=C(O)[C@H](Cc1c[nH]c2ccccc12)N[C@H]1CC(c2ccccn2)=NN1. The molecule has 4 rings (SSSR count). The molecule has 0 bridgehead atoms. The molecule has 0 radical (unpaired) electrons. The summed E-state index contributed by atoms with van der Waals surface area (Å²) in [6, 6.07) is 12.8. The maximum absolute atomic E-state index is 11.8. The first-order valence-electron chi connectivity index (χ1n) is 8.48. The zero-order valence-electron chi connectivity index (χ0n) is 14.0. The summed E-state index contributed by atoms with van der Waals surface area (Å²) in [6.07, 6.45) is 4.32. The molecular weight excluding hydrogens is 330 g/mol. The molecule has 2 atom stereocenters. The second-order valence-corrected chi connectivity index (χ2v) is 6.28. The van der Waals surface area contributed by atoms with Crippen molar-refractivity contribution in [2.45, 2.75) is 25.0 Å². The zero-order valence-corrected chi connectivity index (χ0v) is 14.0. The fourth-order valence-electron chi connectivity index (χ4n) is 3.21. The molecule has 1 aromatic carbocycles. The summed E-state index contributed by atoms with van der Waals surface area (Å²) in [5.74, 6) is -0.886. The Labute approximate surface area is 150 Å². The molecule has 0 unspecified atom stereocenters. The molecule has 132 valence electrons. The van der Waals surface area contributed by atoms with Crippen molar-refractivity contribution < 1.29 is 9.90 Å². The summed E-state index contributed by atoms with van der Waals surface area (Å²) in [5.41, 5.74) is 6.57. The van der Waals surface area contributed by atoms with E-state index in [1.54, 1.807) is 6.20 Å². The molecule has 0 saturated carbocycles. The van der Waals surface area contributed by atoms with Gasteiger partial charge in [0.05, 0.1) is 17.6 Å². The molecule has 0 spiro atoms.